The van der Waals surface area contributed by atoms with Gasteiger partial charge in [0.2, 0.25) is 5.91 Å². The van der Waals surface area contributed by atoms with E-state index in [9.17, 15) is 4.79 Å². The minimum atomic E-state index is -1.11. The number of aliphatic hydroxyl groups is 1. The Bertz CT molecular complexity index is 173. The van der Waals surface area contributed by atoms with Crippen molar-refractivity contribution < 1.29 is 9.90 Å². The van der Waals surface area contributed by atoms with Gasteiger partial charge in [0.15, 0.2) is 0 Å². The zero-order chi connectivity index (χ0) is 11.1. The molecule has 0 saturated carbocycles. The second kappa shape index (κ2) is 6.75. The quantitative estimate of drug-likeness (QED) is 0.411. The van der Waals surface area contributed by atoms with Crippen LogP contribution in [0.25, 0.3) is 0 Å². The van der Waals surface area contributed by atoms with Gasteiger partial charge < -0.3 is 21.9 Å². The highest BCUT2D eigenvalue weighted by Crippen LogP contribution is 2.06. The first-order chi connectivity index (χ1) is 6.49. The number of hydrogen-bond donors (Lipinski definition) is 4. The predicted octanol–water partition coefficient (Wildman–Crippen LogP) is -1.35. The number of carbonyl (C=O) groups excluding carboxylic acids is 1. The first-order valence-electron chi connectivity index (χ1n) is 4.87. The van der Waals surface area contributed by atoms with Crippen molar-refractivity contribution in [1.82, 2.24) is 5.32 Å². The molecule has 0 aliphatic heterocycles. The molecular weight excluding hydrogens is 182 g/mol. The summed E-state index contributed by atoms with van der Waals surface area (Å²) in [5, 5.41) is 12.1. The Balaban J connectivity index is 3.66. The van der Waals surface area contributed by atoms with Gasteiger partial charge >= 0.3 is 0 Å². The van der Waals surface area contributed by atoms with Gasteiger partial charge in [-0.3, -0.25) is 4.79 Å². The van der Waals surface area contributed by atoms with Gasteiger partial charge in [-0.05, 0) is 24.9 Å². The van der Waals surface area contributed by atoms with Crippen molar-refractivity contribution in [2.45, 2.75) is 20.0 Å². The summed E-state index contributed by atoms with van der Waals surface area (Å²) in [4.78, 5) is 10.5. The molecule has 0 bridgehead atoms. The van der Waals surface area contributed by atoms with E-state index in [1.807, 2.05) is 0 Å². The van der Waals surface area contributed by atoms with E-state index in [2.05, 4.69) is 19.2 Å². The molecule has 0 aromatic rings. The van der Waals surface area contributed by atoms with Crippen LogP contribution in [0.5, 0.6) is 0 Å². The molecule has 0 spiro atoms. The number of nitrogens with one attached hydrogen (secondary N) is 1. The standard InChI is InChI=1S/C9H21N3O2/c1-6(2)7(3-10)4-12-5-8(13)9(11)14/h6-8,12-13H,3-5,10H2,1-2H3,(H2,11,14). The fourth-order valence-electron chi connectivity index (χ4n) is 1.10. The number of rotatable bonds is 7. The molecule has 0 saturated heterocycles. The fraction of sp³-hybridized carbons (Fsp3) is 0.889. The van der Waals surface area contributed by atoms with Crippen LogP contribution < -0.4 is 16.8 Å². The third-order valence-corrected chi connectivity index (χ3v) is 2.32. The Morgan fingerprint density at radius 3 is 2.36 bits per heavy atom. The second-order valence-electron chi connectivity index (χ2n) is 3.82. The Labute approximate surface area is 84.8 Å². The van der Waals surface area contributed by atoms with E-state index in [4.69, 9.17) is 16.6 Å². The maximum Gasteiger partial charge on any atom is 0.247 e. The van der Waals surface area contributed by atoms with Crippen LogP contribution in [0.2, 0.25) is 0 Å². The molecule has 5 heteroatoms. The fourth-order valence-corrected chi connectivity index (χ4v) is 1.10. The molecule has 2 atom stereocenters. The molecule has 0 rings (SSSR count). The maximum absolute atomic E-state index is 10.5. The third-order valence-electron chi connectivity index (χ3n) is 2.32. The third kappa shape index (κ3) is 5.16. The van der Waals surface area contributed by atoms with Crippen molar-refractivity contribution in [2.24, 2.45) is 23.3 Å². The van der Waals surface area contributed by atoms with Crippen LogP contribution in [-0.4, -0.2) is 36.8 Å². The lowest BCUT2D eigenvalue weighted by atomic mass is 9.96. The summed E-state index contributed by atoms with van der Waals surface area (Å²) in [5.74, 6) is 0.139. The molecule has 0 aromatic heterocycles. The molecule has 0 aliphatic rings. The van der Waals surface area contributed by atoms with Crippen LogP contribution in [0, 0.1) is 11.8 Å². The van der Waals surface area contributed by atoms with Gasteiger partial charge in [-0.15, -0.1) is 0 Å². The van der Waals surface area contributed by atoms with E-state index < -0.39 is 12.0 Å². The normalized spacial score (nSPS) is 15.5. The van der Waals surface area contributed by atoms with Gasteiger partial charge in [0.1, 0.15) is 6.10 Å². The Hall–Kier alpha value is -0.650. The molecule has 0 aliphatic carbocycles. The molecule has 2 unspecified atom stereocenters. The summed E-state index contributed by atoms with van der Waals surface area (Å²) in [6, 6.07) is 0. The van der Waals surface area contributed by atoms with Gasteiger partial charge in [-0.25, -0.2) is 0 Å². The zero-order valence-corrected chi connectivity index (χ0v) is 8.86. The molecule has 0 fully saturated rings. The van der Waals surface area contributed by atoms with Crippen LogP contribution in [-0.2, 0) is 4.79 Å². The molecule has 1 amide bonds. The average Bonchev–Trinajstić information content (AvgIpc) is 2.11. The van der Waals surface area contributed by atoms with Crippen LogP contribution in [0.15, 0.2) is 0 Å². The summed E-state index contributed by atoms with van der Waals surface area (Å²) < 4.78 is 0. The molecule has 84 valence electrons. The summed E-state index contributed by atoms with van der Waals surface area (Å²) in [7, 11) is 0. The van der Waals surface area contributed by atoms with Crippen LogP contribution >= 0.6 is 0 Å². The lowest BCUT2D eigenvalue weighted by Crippen LogP contribution is -2.41. The van der Waals surface area contributed by atoms with Crippen molar-refractivity contribution in [3.63, 3.8) is 0 Å². The highest BCUT2D eigenvalue weighted by atomic mass is 16.3. The number of nitrogens with two attached hydrogens (primary N) is 2. The van der Waals surface area contributed by atoms with Gasteiger partial charge in [-0.2, -0.15) is 0 Å². The smallest absolute Gasteiger partial charge is 0.247 e. The molecule has 0 radical (unpaired) electrons. The van der Waals surface area contributed by atoms with Gasteiger partial charge in [0.25, 0.3) is 0 Å². The summed E-state index contributed by atoms with van der Waals surface area (Å²) in [6.45, 7) is 5.65. The van der Waals surface area contributed by atoms with E-state index in [0.29, 0.717) is 24.9 Å². The van der Waals surface area contributed by atoms with Crippen molar-refractivity contribution in [1.29, 1.82) is 0 Å². The minimum Gasteiger partial charge on any atom is -0.382 e. The van der Waals surface area contributed by atoms with E-state index in [0.717, 1.165) is 0 Å². The molecular formula is C9H21N3O2. The molecule has 5 nitrogen and oxygen atoms in total. The first-order valence-corrected chi connectivity index (χ1v) is 4.87. The van der Waals surface area contributed by atoms with Crippen molar-refractivity contribution in [2.75, 3.05) is 19.6 Å². The summed E-state index contributed by atoms with van der Waals surface area (Å²) in [6.07, 6.45) is -1.11. The average molecular weight is 203 g/mol. The highest BCUT2D eigenvalue weighted by molar-refractivity contribution is 5.78. The first kappa shape index (κ1) is 13.4. The SMILES string of the molecule is CC(C)C(CN)CNCC(O)C(N)=O. The van der Waals surface area contributed by atoms with E-state index in [1.54, 1.807) is 0 Å². The molecule has 0 heterocycles. The van der Waals surface area contributed by atoms with Crippen molar-refractivity contribution >= 4 is 5.91 Å². The van der Waals surface area contributed by atoms with Crippen LogP contribution in [0.3, 0.4) is 0 Å². The van der Waals surface area contributed by atoms with Gasteiger partial charge in [0.05, 0.1) is 0 Å². The Morgan fingerprint density at radius 1 is 1.43 bits per heavy atom. The Morgan fingerprint density at radius 2 is 2.00 bits per heavy atom. The van der Waals surface area contributed by atoms with Crippen molar-refractivity contribution in [3.8, 4) is 0 Å². The van der Waals surface area contributed by atoms with E-state index in [1.165, 1.54) is 0 Å². The van der Waals surface area contributed by atoms with Crippen LogP contribution in [0.1, 0.15) is 13.8 Å². The van der Waals surface area contributed by atoms with Crippen molar-refractivity contribution in [3.05, 3.63) is 0 Å². The monoisotopic (exact) mass is 203 g/mol. The summed E-state index contributed by atoms with van der Waals surface area (Å²) >= 11 is 0. The number of amides is 1. The molecule has 0 aromatic carbocycles. The van der Waals surface area contributed by atoms with E-state index >= 15 is 0 Å². The largest absolute Gasteiger partial charge is 0.382 e. The van der Waals surface area contributed by atoms with Gasteiger partial charge in [0, 0.05) is 6.54 Å². The lowest BCUT2D eigenvalue weighted by Gasteiger charge is -2.19. The Kier molecular flexibility index (Phi) is 6.44. The zero-order valence-electron chi connectivity index (χ0n) is 8.86. The minimum absolute atomic E-state index is 0.193. The second-order valence-corrected chi connectivity index (χ2v) is 3.82. The lowest BCUT2D eigenvalue weighted by molar-refractivity contribution is -0.125. The maximum atomic E-state index is 10.5. The predicted molar refractivity (Wildman–Crippen MR) is 55.5 cm³/mol. The molecule has 6 N–H and O–H groups in total. The highest BCUT2D eigenvalue weighted by Gasteiger charge is 2.13. The number of carbonyl (C=O) groups is 1. The number of primary amides is 1. The number of aliphatic hydroxyl groups excluding tert-OH is 1. The van der Waals surface area contributed by atoms with Gasteiger partial charge in [-0.1, -0.05) is 13.8 Å². The molecule has 14 heavy (non-hydrogen) atoms. The van der Waals surface area contributed by atoms with E-state index in [-0.39, 0.29) is 6.54 Å². The summed E-state index contributed by atoms with van der Waals surface area (Å²) in [5.41, 5.74) is 10.4. The number of hydrogen-bond acceptors (Lipinski definition) is 4. The van der Waals surface area contributed by atoms with Crippen LogP contribution in [0.4, 0.5) is 0 Å². The topological polar surface area (TPSA) is 101 Å².